The zero-order valence-corrected chi connectivity index (χ0v) is 12.6. The number of ether oxygens (including phenoxy) is 1. The van der Waals surface area contributed by atoms with Gasteiger partial charge < -0.3 is 9.64 Å². The van der Waals surface area contributed by atoms with Crippen molar-refractivity contribution in [3.8, 4) is 0 Å². The SMILES string of the molecule is CCOC(=O)CC1CCN(c2ncc(Br)cn2)CC1. The van der Waals surface area contributed by atoms with Crippen LogP contribution in [0, 0.1) is 5.92 Å². The Morgan fingerprint density at radius 3 is 2.63 bits per heavy atom. The van der Waals surface area contributed by atoms with E-state index in [1.54, 1.807) is 12.4 Å². The van der Waals surface area contributed by atoms with Gasteiger partial charge in [0, 0.05) is 31.9 Å². The number of carbonyl (C=O) groups is 1. The molecule has 2 rings (SSSR count). The minimum Gasteiger partial charge on any atom is -0.466 e. The minimum absolute atomic E-state index is 0.0826. The molecule has 0 saturated carbocycles. The van der Waals surface area contributed by atoms with Gasteiger partial charge >= 0.3 is 5.97 Å². The van der Waals surface area contributed by atoms with Crippen molar-refractivity contribution in [3.63, 3.8) is 0 Å². The number of nitrogens with zero attached hydrogens (tertiary/aromatic N) is 3. The van der Waals surface area contributed by atoms with E-state index in [9.17, 15) is 4.79 Å². The number of piperidine rings is 1. The Morgan fingerprint density at radius 1 is 1.42 bits per heavy atom. The highest BCUT2D eigenvalue weighted by Gasteiger charge is 2.23. The maximum absolute atomic E-state index is 11.4. The van der Waals surface area contributed by atoms with Crippen molar-refractivity contribution in [1.29, 1.82) is 0 Å². The van der Waals surface area contributed by atoms with E-state index in [0.29, 0.717) is 18.9 Å². The number of hydrogen-bond donors (Lipinski definition) is 0. The second kappa shape index (κ2) is 6.84. The molecule has 0 spiro atoms. The summed E-state index contributed by atoms with van der Waals surface area (Å²) in [7, 11) is 0. The third-order valence-corrected chi connectivity index (χ3v) is 3.67. The lowest BCUT2D eigenvalue weighted by molar-refractivity contribution is -0.144. The smallest absolute Gasteiger partial charge is 0.306 e. The third kappa shape index (κ3) is 4.16. The zero-order chi connectivity index (χ0) is 13.7. The first-order chi connectivity index (χ1) is 9.19. The molecular weight excluding hydrogens is 310 g/mol. The van der Waals surface area contributed by atoms with Gasteiger partial charge in [-0.25, -0.2) is 9.97 Å². The normalized spacial score (nSPS) is 16.4. The van der Waals surface area contributed by atoms with Crippen LogP contribution in [0.3, 0.4) is 0 Å². The lowest BCUT2D eigenvalue weighted by Gasteiger charge is -2.31. The number of carbonyl (C=O) groups excluding carboxylic acids is 1. The standard InChI is InChI=1S/C13H18BrN3O2/c1-2-19-12(18)7-10-3-5-17(6-4-10)13-15-8-11(14)9-16-13/h8-10H,2-7H2,1H3. The van der Waals surface area contributed by atoms with Crippen LogP contribution in [0.5, 0.6) is 0 Å². The van der Waals surface area contributed by atoms with Crippen LogP contribution < -0.4 is 4.90 Å². The van der Waals surface area contributed by atoms with Crippen LogP contribution in [-0.2, 0) is 9.53 Å². The average molecular weight is 328 g/mol. The van der Waals surface area contributed by atoms with Crippen LogP contribution in [-0.4, -0.2) is 35.6 Å². The van der Waals surface area contributed by atoms with Gasteiger partial charge in [-0.1, -0.05) is 0 Å². The molecule has 0 unspecified atom stereocenters. The van der Waals surface area contributed by atoms with Crippen molar-refractivity contribution in [2.24, 2.45) is 5.92 Å². The van der Waals surface area contributed by atoms with E-state index < -0.39 is 0 Å². The van der Waals surface area contributed by atoms with E-state index in [4.69, 9.17) is 4.74 Å². The molecule has 1 aliphatic heterocycles. The highest BCUT2D eigenvalue weighted by molar-refractivity contribution is 9.10. The molecule has 19 heavy (non-hydrogen) atoms. The van der Waals surface area contributed by atoms with Crippen molar-refractivity contribution in [3.05, 3.63) is 16.9 Å². The van der Waals surface area contributed by atoms with Crippen molar-refractivity contribution < 1.29 is 9.53 Å². The lowest BCUT2D eigenvalue weighted by atomic mass is 9.94. The molecular formula is C13H18BrN3O2. The summed E-state index contributed by atoms with van der Waals surface area (Å²) in [4.78, 5) is 22.2. The van der Waals surface area contributed by atoms with Crippen LogP contribution in [0.4, 0.5) is 5.95 Å². The molecule has 0 radical (unpaired) electrons. The number of esters is 1. The van der Waals surface area contributed by atoms with E-state index >= 15 is 0 Å². The Labute approximate surface area is 121 Å². The molecule has 0 amide bonds. The summed E-state index contributed by atoms with van der Waals surface area (Å²) < 4.78 is 5.87. The van der Waals surface area contributed by atoms with Gasteiger partial charge in [0.15, 0.2) is 0 Å². The fourth-order valence-electron chi connectivity index (χ4n) is 2.26. The number of aromatic nitrogens is 2. The van der Waals surface area contributed by atoms with Crippen LogP contribution in [0.15, 0.2) is 16.9 Å². The molecule has 1 aromatic rings. The van der Waals surface area contributed by atoms with Gasteiger partial charge in [0.1, 0.15) is 0 Å². The summed E-state index contributed by atoms with van der Waals surface area (Å²) in [5, 5.41) is 0. The second-order valence-corrected chi connectivity index (χ2v) is 5.56. The van der Waals surface area contributed by atoms with Crippen LogP contribution >= 0.6 is 15.9 Å². The Bertz CT molecular complexity index is 416. The van der Waals surface area contributed by atoms with E-state index in [1.807, 2.05) is 6.92 Å². The van der Waals surface area contributed by atoms with Crippen molar-refractivity contribution in [2.75, 3.05) is 24.6 Å². The predicted molar refractivity (Wildman–Crippen MR) is 75.9 cm³/mol. The molecule has 6 heteroatoms. The average Bonchev–Trinajstić information content (AvgIpc) is 2.41. The largest absolute Gasteiger partial charge is 0.466 e. The molecule has 1 aromatic heterocycles. The van der Waals surface area contributed by atoms with E-state index in [-0.39, 0.29) is 5.97 Å². The summed E-state index contributed by atoms with van der Waals surface area (Å²) in [6.45, 7) is 4.09. The first-order valence-corrected chi connectivity index (χ1v) is 7.36. The predicted octanol–water partition coefficient (Wildman–Crippen LogP) is 2.41. The first-order valence-electron chi connectivity index (χ1n) is 6.57. The maximum Gasteiger partial charge on any atom is 0.306 e. The molecule has 0 bridgehead atoms. The van der Waals surface area contributed by atoms with Gasteiger partial charge in [-0.2, -0.15) is 0 Å². The minimum atomic E-state index is -0.0826. The highest BCUT2D eigenvalue weighted by Crippen LogP contribution is 2.23. The fraction of sp³-hybridized carbons (Fsp3) is 0.615. The van der Waals surface area contributed by atoms with Gasteiger partial charge in [0.2, 0.25) is 5.95 Å². The number of rotatable bonds is 4. The first kappa shape index (κ1) is 14.2. The van der Waals surface area contributed by atoms with Gasteiger partial charge in [-0.15, -0.1) is 0 Å². The van der Waals surface area contributed by atoms with Crippen LogP contribution in [0.2, 0.25) is 0 Å². The van der Waals surface area contributed by atoms with E-state index in [0.717, 1.165) is 36.4 Å². The summed E-state index contributed by atoms with van der Waals surface area (Å²) in [6.07, 6.45) is 6.01. The molecule has 0 aromatic carbocycles. The van der Waals surface area contributed by atoms with Gasteiger partial charge in [0.05, 0.1) is 11.1 Å². The summed E-state index contributed by atoms with van der Waals surface area (Å²) >= 11 is 3.33. The molecule has 1 saturated heterocycles. The molecule has 0 atom stereocenters. The third-order valence-electron chi connectivity index (χ3n) is 3.26. The monoisotopic (exact) mass is 327 g/mol. The number of hydrogen-bond acceptors (Lipinski definition) is 5. The van der Waals surface area contributed by atoms with Crippen LogP contribution in [0.1, 0.15) is 26.2 Å². The molecule has 1 fully saturated rings. The van der Waals surface area contributed by atoms with Gasteiger partial charge in [-0.3, -0.25) is 4.79 Å². The van der Waals surface area contributed by atoms with Gasteiger partial charge in [-0.05, 0) is 41.6 Å². The van der Waals surface area contributed by atoms with Crippen molar-refractivity contribution >= 4 is 27.8 Å². The molecule has 1 aliphatic rings. The fourth-order valence-corrected chi connectivity index (χ4v) is 2.47. The van der Waals surface area contributed by atoms with E-state index in [1.165, 1.54) is 0 Å². The van der Waals surface area contributed by atoms with Gasteiger partial charge in [0.25, 0.3) is 0 Å². The molecule has 0 aliphatic carbocycles. The quantitative estimate of drug-likeness (QED) is 0.795. The highest BCUT2D eigenvalue weighted by atomic mass is 79.9. The van der Waals surface area contributed by atoms with Crippen molar-refractivity contribution in [1.82, 2.24) is 9.97 Å². The molecule has 104 valence electrons. The zero-order valence-electron chi connectivity index (χ0n) is 11.0. The Balaban J connectivity index is 1.82. The Hall–Kier alpha value is -1.17. The molecule has 5 nitrogen and oxygen atoms in total. The van der Waals surface area contributed by atoms with Crippen molar-refractivity contribution in [2.45, 2.75) is 26.2 Å². The Morgan fingerprint density at radius 2 is 2.05 bits per heavy atom. The summed E-state index contributed by atoms with van der Waals surface area (Å²) in [6, 6.07) is 0. The molecule has 2 heterocycles. The molecule has 0 N–H and O–H groups in total. The number of halogens is 1. The summed E-state index contributed by atoms with van der Waals surface area (Å²) in [5.41, 5.74) is 0. The summed E-state index contributed by atoms with van der Waals surface area (Å²) in [5.74, 6) is 1.10. The Kier molecular flexibility index (Phi) is 5.13. The maximum atomic E-state index is 11.4. The topological polar surface area (TPSA) is 55.3 Å². The van der Waals surface area contributed by atoms with Crippen LogP contribution in [0.25, 0.3) is 0 Å². The number of anilines is 1. The second-order valence-electron chi connectivity index (χ2n) is 4.64. The van der Waals surface area contributed by atoms with E-state index in [2.05, 4.69) is 30.8 Å². The lowest BCUT2D eigenvalue weighted by Crippen LogP contribution is -2.35.